The smallest absolute Gasteiger partial charge is 0.259 e. The zero-order valence-electron chi connectivity index (χ0n) is 21.3. The fourth-order valence-electron chi connectivity index (χ4n) is 4.87. The molecule has 4 aromatic rings. The highest BCUT2D eigenvalue weighted by Gasteiger charge is 2.32. The van der Waals surface area contributed by atoms with Gasteiger partial charge in [-0.05, 0) is 51.0 Å². The van der Waals surface area contributed by atoms with Gasteiger partial charge in [0.15, 0.2) is 0 Å². The number of nitrogens with two attached hydrogens (primary N) is 1. The average molecular weight is 512 g/mol. The molecule has 1 amide bonds. The molecule has 1 aliphatic heterocycles. The van der Waals surface area contributed by atoms with E-state index in [0.717, 1.165) is 27.1 Å². The topological polar surface area (TPSA) is 104 Å². The van der Waals surface area contributed by atoms with E-state index in [-0.39, 0.29) is 23.9 Å². The SMILES string of the molecule is Cc1ccc(-c2c(C#N)c(N)nc3c(C(=O)N4CC(C)OC(C)C4)c(Nc4cccc(C)c4)sc23)cc1. The van der Waals surface area contributed by atoms with Crippen LogP contribution in [0.1, 0.15) is 40.9 Å². The third kappa shape index (κ3) is 4.76. The molecule has 0 bridgehead atoms. The highest BCUT2D eigenvalue weighted by Crippen LogP contribution is 2.45. The number of nitriles is 1. The van der Waals surface area contributed by atoms with Gasteiger partial charge in [0.1, 0.15) is 28.0 Å². The van der Waals surface area contributed by atoms with Gasteiger partial charge in [0, 0.05) is 24.3 Å². The van der Waals surface area contributed by atoms with E-state index in [1.807, 2.05) is 81.1 Å². The summed E-state index contributed by atoms with van der Waals surface area (Å²) in [7, 11) is 0. The lowest BCUT2D eigenvalue weighted by Gasteiger charge is -2.35. The van der Waals surface area contributed by atoms with Crippen LogP contribution in [0.2, 0.25) is 0 Å². The van der Waals surface area contributed by atoms with Crippen molar-refractivity contribution in [1.29, 1.82) is 5.26 Å². The molecule has 0 aliphatic carbocycles. The van der Waals surface area contributed by atoms with Crippen molar-refractivity contribution >= 4 is 44.0 Å². The van der Waals surface area contributed by atoms with E-state index in [1.165, 1.54) is 11.3 Å². The van der Waals surface area contributed by atoms with E-state index in [0.29, 0.717) is 40.3 Å². The van der Waals surface area contributed by atoms with Gasteiger partial charge < -0.3 is 20.7 Å². The Balaban J connectivity index is 1.76. The molecule has 3 N–H and O–H groups in total. The molecule has 2 atom stereocenters. The van der Waals surface area contributed by atoms with Crippen molar-refractivity contribution < 1.29 is 9.53 Å². The summed E-state index contributed by atoms with van der Waals surface area (Å²) in [4.78, 5) is 20.5. The molecule has 2 aromatic heterocycles. The third-order valence-electron chi connectivity index (χ3n) is 6.50. The average Bonchev–Trinajstić information content (AvgIpc) is 3.19. The van der Waals surface area contributed by atoms with Crippen LogP contribution in [-0.4, -0.2) is 41.1 Å². The quantitative estimate of drug-likeness (QED) is 0.347. The van der Waals surface area contributed by atoms with Crippen LogP contribution in [0.15, 0.2) is 48.5 Å². The lowest BCUT2D eigenvalue weighted by molar-refractivity contribution is -0.0585. The molecule has 1 fully saturated rings. The van der Waals surface area contributed by atoms with Gasteiger partial charge in [-0.2, -0.15) is 5.26 Å². The van der Waals surface area contributed by atoms with Crippen LogP contribution >= 0.6 is 11.3 Å². The Bertz CT molecular complexity index is 1530. The van der Waals surface area contributed by atoms with Crippen LogP contribution in [0.4, 0.5) is 16.5 Å². The Kier molecular flexibility index (Phi) is 6.59. The first-order chi connectivity index (χ1) is 17.7. The number of nitrogens with zero attached hydrogens (tertiary/aromatic N) is 3. The molecule has 0 saturated carbocycles. The van der Waals surface area contributed by atoms with Crippen LogP contribution in [0.5, 0.6) is 0 Å². The second-order valence-corrected chi connectivity index (χ2v) is 10.7. The second kappa shape index (κ2) is 9.85. The van der Waals surface area contributed by atoms with Crippen LogP contribution in [0.3, 0.4) is 0 Å². The number of aromatic nitrogens is 1. The minimum absolute atomic E-state index is 0.0721. The van der Waals surface area contributed by atoms with Crippen molar-refractivity contribution in [2.45, 2.75) is 39.9 Å². The number of morpholine rings is 1. The van der Waals surface area contributed by atoms with Crippen molar-refractivity contribution in [1.82, 2.24) is 9.88 Å². The molecular weight excluding hydrogens is 482 g/mol. The number of hydrogen-bond donors (Lipinski definition) is 2. The number of ether oxygens (including phenoxy) is 1. The first-order valence-corrected chi connectivity index (χ1v) is 13.1. The Morgan fingerprint density at radius 2 is 1.84 bits per heavy atom. The molecule has 188 valence electrons. The summed E-state index contributed by atoms with van der Waals surface area (Å²) in [5.74, 6) is -0.0156. The van der Waals surface area contributed by atoms with Crippen LogP contribution < -0.4 is 11.1 Å². The number of hydrogen-bond acceptors (Lipinski definition) is 7. The van der Waals surface area contributed by atoms with Gasteiger partial charge in [0.25, 0.3) is 5.91 Å². The second-order valence-electron chi connectivity index (χ2n) is 9.67. The highest BCUT2D eigenvalue weighted by atomic mass is 32.1. The maximum absolute atomic E-state index is 14.1. The number of nitrogens with one attached hydrogen (secondary N) is 1. The van der Waals surface area contributed by atoms with E-state index in [1.54, 1.807) is 0 Å². The molecular formula is C29H29N5O2S. The normalized spacial score (nSPS) is 17.5. The molecule has 37 heavy (non-hydrogen) atoms. The molecule has 5 rings (SSSR count). The lowest BCUT2D eigenvalue weighted by atomic mass is 9.99. The number of benzene rings is 2. The first kappa shape index (κ1) is 24.8. The molecule has 2 unspecified atom stereocenters. The van der Waals surface area contributed by atoms with Gasteiger partial charge in [0.05, 0.1) is 22.4 Å². The largest absolute Gasteiger partial charge is 0.383 e. The van der Waals surface area contributed by atoms with Gasteiger partial charge in [0.2, 0.25) is 0 Å². The minimum atomic E-state index is -0.130. The standard InChI is InChI=1S/C29H29N5O2S/c1-16-8-10-20(11-9-16)23-22(13-30)27(31)33-25-24(29(35)34-14-18(3)36-19(4)15-34)28(37-26(23)25)32-21-7-5-6-17(2)12-21/h5-12,18-19,32H,14-15H2,1-4H3,(H2,31,33). The van der Waals surface area contributed by atoms with E-state index in [2.05, 4.69) is 16.4 Å². The van der Waals surface area contributed by atoms with Gasteiger partial charge in [-0.25, -0.2) is 4.98 Å². The number of fused-ring (bicyclic) bond motifs is 1. The number of aryl methyl sites for hydroxylation is 2. The summed E-state index contributed by atoms with van der Waals surface area (Å²) in [6.07, 6.45) is -0.144. The Morgan fingerprint density at radius 1 is 1.14 bits per heavy atom. The Morgan fingerprint density at radius 3 is 2.49 bits per heavy atom. The van der Waals surface area contributed by atoms with Crippen molar-refractivity contribution in [3.63, 3.8) is 0 Å². The lowest BCUT2D eigenvalue weighted by Crippen LogP contribution is -2.48. The summed E-state index contributed by atoms with van der Waals surface area (Å²) in [5.41, 5.74) is 12.3. The van der Waals surface area contributed by atoms with Gasteiger partial charge in [-0.15, -0.1) is 11.3 Å². The maximum Gasteiger partial charge on any atom is 0.259 e. The number of amides is 1. The molecule has 8 heteroatoms. The molecule has 1 saturated heterocycles. The van der Waals surface area contributed by atoms with E-state index in [9.17, 15) is 10.1 Å². The molecule has 2 aromatic carbocycles. The van der Waals surface area contributed by atoms with Crippen LogP contribution in [0.25, 0.3) is 21.3 Å². The summed E-state index contributed by atoms with van der Waals surface area (Å²) < 4.78 is 6.62. The number of nitrogen functional groups attached to an aromatic ring is 1. The maximum atomic E-state index is 14.1. The fourth-order valence-corrected chi connectivity index (χ4v) is 6.09. The number of thiophene rings is 1. The van der Waals surface area contributed by atoms with Crippen LogP contribution in [0, 0.1) is 25.2 Å². The summed E-state index contributed by atoms with van der Waals surface area (Å²) in [6, 6.07) is 18.2. The van der Waals surface area contributed by atoms with Crippen molar-refractivity contribution in [3.05, 3.63) is 70.8 Å². The van der Waals surface area contributed by atoms with Gasteiger partial charge >= 0.3 is 0 Å². The van der Waals surface area contributed by atoms with Gasteiger partial charge in [-0.3, -0.25) is 4.79 Å². The molecule has 1 aliphatic rings. The number of carbonyl (C=O) groups excluding carboxylic acids is 1. The monoisotopic (exact) mass is 511 g/mol. The van der Waals surface area contributed by atoms with E-state index < -0.39 is 0 Å². The highest BCUT2D eigenvalue weighted by molar-refractivity contribution is 7.24. The zero-order chi connectivity index (χ0) is 26.3. The van der Waals surface area contributed by atoms with Gasteiger partial charge in [-0.1, -0.05) is 42.0 Å². The molecule has 0 radical (unpaired) electrons. The van der Waals surface area contributed by atoms with Crippen LogP contribution in [-0.2, 0) is 4.74 Å². The number of anilines is 3. The summed E-state index contributed by atoms with van der Waals surface area (Å²) in [5, 5.41) is 14.2. The number of pyridine rings is 1. The number of carbonyl (C=O) groups is 1. The molecule has 0 spiro atoms. The van der Waals surface area contributed by atoms with Crippen molar-refractivity contribution in [2.75, 3.05) is 24.1 Å². The zero-order valence-corrected chi connectivity index (χ0v) is 22.1. The molecule has 7 nitrogen and oxygen atoms in total. The number of rotatable bonds is 4. The predicted molar refractivity (Wildman–Crippen MR) is 149 cm³/mol. The van der Waals surface area contributed by atoms with Crippen molar-refractivity contribution in [3.8, 4) is 17.2 Å². The molecule has 3 heterocycles. The van der Waals surface area contributed by atoms with Crippen molar-refractivity contribution in [2.24, 2.45) is 0 Å². The third-order valence-corrected chi connectivity index (χ3v) is 7.61. The first-order valence-electron chi connectivity index (χ1n) is 12.3. The minimum Gasteiger partial charge on any atom is -0.383 e. The van der Waals surface area contributed by atoms with E-state index >= 15 is 0 Å². The fraction of sp³-hybridized carbons (Fsp3) is 0.276. The summed E-state index contributed by atoms with van der Waals surface area (Å²) in [6.45, 7) is 8.95. The Hall–Kier alpha value is -3.93. The summed E-state index contributed by atoms with van der Waals surface area (Å²) >= 11 is 1.42. The predicted octanol–water partition coefficient (Wildman–Crippen LogP) is 6.03. The van der Waals surface area contributed by atoms with E-state index in [4.69, 9.17) is 10.5 Å². The Labute approximate surface area is 220 Å².